The molecule has 28 heavy (non-hydrogen) atoms. The van der Waals surface area contributed by atoms with Gasteiger partial charge in [0.25, 0.3) is 0 Å². The summed E-state index contributed by atoms with van der Waals surface area (Å²) < 4.78 is 0. The second-order valence-corrected chi connectivity index (χ2v) is 9.13. The van der Waals surface area contributed by atoms with E-state index in [1.165, 1.54) is 63.0 Å². The van der Waals surface area contributed by atoms with E-state index in [0.29, 0.717) is 0 Å². The normalized spacial score (nSPS) is 17.0. The first-order chi connectivity index (χ1) is 13.3. The number of fused-ring (bicyclic) bond motifs is 6. The average Bonchev–Trinajstić information content (AvgIpc) is 3.24. The zero-order valence-corrected chi connectivity index (χ0v) is 17.5. The second-order valence-electron chi connectivity index (χ2n) is 8.05. The third kappa shape index (κ3) is 2.55. The van der Waals surface area contributed by atoms with E-state index in [9.17, 15) is 0 Å². The van der Waals surface area contributed by atoms with Gasteiger partial charge in [0.05, 0.1) is 5.69 Å². The zero-order chi connectivity index (χ0) is 18.0. The van der Waals surface area contributed by atoms with Crippen LogP contribution in [-0.4, -0.2) is 4.98 Å². The van der Waals surface area contributed by atoms with Crippen molar-refractivity contribution >= 4 is 34.0 Å². The van der Waals surface area contributed by atoms with E-state index in [1.54, 1.807) is 10.4 Å². The molecule has 2 aromatic carbocycles. The van der Waals surface area contributed by atoms with Gasteiger partial charge >= 0.3 is 0 Å². The quantitative estimate of drug-likeness (QED) is 0.291. The molecule has 2 heterocycles. The third-order valence-corrected chi connectivity index (χ3v) is 7.39. The fourth-order valence-corrected chi connectivity index (χ4v) is 6.32. The molecule has 0 aliphatic heterocycles. The van der Waals surface area contributed by atoms with Crippen LogP contribution in [0.2, 0.25) is 0 Å². The Bertz CT molecular complexity index is 1190. The lowest BCUT2D eigenvalue weighted by Crippen LogP contribution is -2.08. The number of aryl methyl sites for hydroxylation is 1. The van der Waals surface area contributed by atoms with E-state index in [2.05, 4.69) is 61.5 Å². The van der Waals surface area contributed by atoms with Gasteiger partial charge in [-0.1, -0.05) is 61.5 Å². The van der Waals surface area contributed by atoms with Crippen LogP contribution in [0.1, 0.15) is 34.9 Å². The Labute approximate surface area is 175 Å². The Kier molecular flexibility index (Phi) is 4.30. The lowest BCUT2D eigenvalue weighted by Gasteiger charge is -2.19. The number of aromatic nitrogens is 1. The van der Waals surface area contributed by atoms with Crippen LogP contribution in [0.3, 0.4) is 0 Å². The number of halogens is 1. The summed E-state index contributed by atoms with van der Waals surface area (Å²) in [5, 5.41) is 1.44. The van der Waals surface area contributed by atoms with Crippen LogP contribution in [0.15, 0.2) is 54.6 Å². The predicted molar refractivity (Wildman–Crippen MR) is 122 cm³/mol. The molecule has 0 radical (unpaired) electrons. The van der Waals surface area contributed by atoms with Gasteiger partial charge in [0, 0.05) is 22.2 Å². The molecule has 4 aromatic rings. The number of rotatable bonds is 1. The lowest BCUT2D eigenvalue weighted by atomic mass is 9.86. The Morgan fingerprint density at radius 1 is 0.964 bits per heavy atom. The van der Waals surface area contributed by atoms with Crippen molar-refractivity contribution in [3.63, 3.8) is 0 Å². The van der Waals surface area contributed by atoms with Crippen LogP contribution >= 0.6 is 23.7 Å². The van der Waals surface area contributed by atoms with E-state index >= 15 is 0 Å². The van der Waals surface area contributed by atoms with Gasteiger partial charge in [0.2, 0.25) is 0 Å². The number of pyridine rings is 1. The van der Waals surface area contributed by atoms with Crippen molar-refractivity contribution in [2.75, 3.05) is 0 Å². The van der Waals surface area contributed by atoms with E-state index in [0.717, 1.165) is 12.3 Å². The monoisotopic (exact) mass is 403 g/mol. The highest BCUT2D eigenvalue weighted by molar-refractivity contribution is 7.19. The fraction of sp³-hybridized carbons (Fsp3) is 0.240. The topological polar surface area (TPSA) is 12.9 Å². The van der Waals surface area contributed by atoms with Gasteiger partial charge in [0.1, 0.15) is 4.83 Å². The van der Waals surface area contributed by atoms with Crippen LogP contribution in [0.25, 0.3) is 32.6 Å². The molecule has 0 amide bonds. The van der Waals surface area contributed by atoms with Crippen molar-refractivity contribution in [1.29, 1.82) is 0 Å². The summed E-state index contributed by atoms with van der Waals surface area (Å²) in [5.74, 6) is 0.790. The van der Waals surface area contributed by atoms with Crippen LogP contribution in [0, 0.1) is 5.92 Å². The molecule has 2 aliphatic rings. The van der Waals surface area contributed by atoms with Gasteiger partial charge in [-0.2, -0.15) is 0 Å². The van der Waals surface area contributed by atoms with Gasteiger partial charge < -0.3 is 0 Å². The summed E-state index contributed by atoms with van der Waals surface area (Å²) in [6.45, 7) is 2.38. The molecule has 0 bridgehead atoms. The summed E-state index contributed by atoms with van der Waals surface area (Å²) in [6.07, 6.45) is 4.71. The largest absolute Gasteiger partial charge is 0.237 e. The molecule has 0 saturated carbocycles. The van der Waals surface area contributed by atoms with Crippen molar-refractivity contribution in [1.82, 2.24) is 4.98 Å². The van der Waals surface area contributed by atoms with Crippen molar-refractivity contribution in [2.45, 2.75) is 32.6 Å². The van der Waals surface area contributed by atoms with Gasteiger partial charge in [-0.3, -0.25) is 0 Å². The minimum absolute atomic E-state index is 0. The molecule has 140 valence electrons. The highest BCUT2D eigenvalue weighted by Gasteiger charge is 2.29. The van der Waals surface area contributed by atoms with E-state index in [-0.39, 0.29) is 12.4 Å². The predicted octanol–water partition coefficient (Wildman–Crippen LogP) is 7.08. The number of hydrogen-bond donors (Lipinski definition) is 0. The highest BCUT2D eigenvalue weighted by Crippen LogP contribution is 2.48. The SMILES string of the molecule is CC1CCc2c(sc3nc4c(c(-c5ccccc5)c23)Cc2ccccc2-4)C1.Cl. The Hall–Kier alpha value is -2.16. The van der Waals surface area contributed by atoms with Crippen LogP contribution in [0.5, 0.6) is 0 Å². The van der Waals surface area contributed by atoms with Crippen molar-refractivity contribution in [2.24, 2.45) is 5.92 Å². The highest BCUT2D eigenvalue weighted by atomic mass is 35.5. The minimum Gasteiger partial charge on any atom is -0.237 e. The molecule has 0 fully saturated rings. The lowest BCUT2D eigenvalue weighted by molar-refractivity contribution is 0.509. The van der Waals surface area contributed by atoms with Crippen LogP contribution < -0.4 is 0 Å². The van der Waals surface area contributed by atoms with Gasteiger partial charge in [-0.05, 0) is 53.0 Å². The third-order valence-electron chi connectivity index (χ3n) is 6.25. The maximum absolute atomic E-state index is 5.23. The molecular weight excluding hydrogens is 382 g/mol. The van der Waals surface area contributed by atoms with Crippen LogP contribution in [0.4, 0.5) is 0 Å². The number of benzene rings is 2. The Balaban J connectivity index is 0.00000171. The first kappa shape index (κ1) is 17.9. The van der Waals surface area contributed by atoms with Crippen molar-refractivity contribution in [3.05, 3.63) is 76.2 Å². The molecule has 2 aliphatic carbocycles. The van der Waals surface area contributed by atoms with E-state index < -0.39 is 0 Å². The first-order valence-corrected chi connectivity index (χ1v) is 10.7. The molecule has 6 rings (SSSR count). The molecule has 1 unspecified atom stereocenters. The summed E-state index contributed by atoms with van der Waals surface area (Å²) in [7, 11) is 0. The Morgan fingerprint density at radius 3 is 2.61 bits per heavy atom. The zero-order valence-electron chi connectivity index (χ0n) is 15.9. The molecule has 0 N–H and O–H groups in total. The number of hydrogen-bond acceptors (Lipinski definition) is 2. The van der Waals surface area contributed by atoms with Gasteiger partial charge in [-0.15, -0.1) is 23.7 Å². The Morgan fingerprint density at radius 2 is 1.75 bits per heavy atom. The van der Waals surface area contributed by atoms with Gasteiger partial charge in [0.15, 0.2) is 0 Å². The van der Waals surface area contributed by atoms with E-state index in [4.69, 9.17) is 4.98 Å². The average molecular weight is 404 g/mol. The summed E-state index contributed by atoms with van der Waals surface area (Å²) in [4.78, 5) is 8.05. The minimum atomic E-state index is 0. The van der Waals surface area contributed by atoms with E-state index in [1.807, 2.05) is 11.3 Å². The fourth-order valence-electron chi connectivity index (χ4n) is 4.93. The van der Waals surface area contributed by atoms with Gasteiger partial charge in [-0.25, -0.2) is 4.98 Å². The first-order valence-electron chi connectivity index (χ1n) is 9.90. The summed E-state index contributed by atoms with van der Waals surface area (Å²) >= 11 is 1.94. The standard InChI is InChI=1S/C25H21NS.ClH/c1-15-11-12-19-21(13-15)27-25-23(19)22(16-7-3-2-4-8-16)20-14-17-9-5-6-10-18(17)24(20)26-25;/h2-10,15H,11-14H2,1H3;1H. The smallest absolute Gasteiger partial charge is 0.125 e. The molecule has 3 heteroatoms. The molecular formula is C25H22ClNS. The van der Waals surface area contributed by atoms with Crippen molar-refractivity contribution in [3.8, 4) is 22.4 Å². The number of thiophene rings is 1. The molecule has 1 atom stereocenters. The van der Waals surface area contributed by atoms with Crippen molar-refractivity contribution < 1.29 is 0 Å². The molecule has 1 nitrogen and oxygen atoms in total. The number of nitrogens with zero attached hydrogens (tertiary/aromatic N) is 1. The maximum Gasteiger partial charge on any atom is 0.125 e. The maximum atomic E-state index is 5.23. The summed E-state index contributed by atoms with van der Waals surface area (Å²) in [5.41, 5.74) is 9.74. The second kappa shape index (κ2) is 6.72. The molecule has 0 saturated heterocycles. The molecule has 2 aromatic heterocycles. The molecule has 0 spiro atoms. The summed E-state index contributed by atoms with van der Waals surface area (Å²) in [6, 6.07) is 19.8. The van der Waals surface area contributed by atoms with Crippen LogP contribution in [-0.2, 0) is 19.3 Å².